The van der Waals surface area contributed by atoms with Crippen LogP contribution < -0.4 is 11.1 Å². The highest BCUT2D eigenvalue weighted by Gasteiger charge is 2.10. The molecule has 1 unspecified atom stereocenters. The smallest absolute Gasteiger partial charge is 0.0657 e. The number of nitrogens with one attached hydrogen (secondary N) is 1. The van der Waals surface area contributed by atoms with E-state index in [0.717, 1.165) is 23.6 Å². The van der Waals surface area contributed by atoms with Crippen molar-refractivity contribution in [3.63, 3.8) is 0 Å². The second kappa shape index (κ2) is 7.63. The van der Waals surface area contributed by atoms with Gasteiger partial charge in [-0.05, 0) is 37.2 Å². The summed E-state index contributed by atoms with van der Waals surface area (Å²) in [5.74, 6) is 0. The zero-order chi connectivity index (χ0) is 11.8. The molecule has 1 rings (SSSR count). The Bertz CT molecular complexity index is 307. The van der Waals surface area contributed by atoms with Gasteiger partial charge in [-0.25, -0.2) is 0 Å². The maximum absolute atomic E-state index is 5.96. The lowest BCUT2D eigenvalue weighted by atomic mass is 10.1. The highest BCUT2D eigenvalue weighted by atomic mass is 35.5. The van der Waals surface area contributed by atoms with Crippen LogP contribution in [0, 0.1) is 0 Å². The first kappa shape index (κ1) is 13.5. The lowest BCUT2D eigenvalue weighted by Gasteiger charge is -2.18. The first-order chi connectivity index (χ1) is 7.77. The number of hydrogen-bond donors (Lipinski definition) is 2. The minimum atomic E-state index is 0.176. The molecule has 0 heterocycles. The van der Waals surface area contributed by atoms with E-state index in [1.807, 2.05) is 24.3 Å². The number of rotatable bonds is 7. The van der Waals surface area contributed by atoms with Gasteiger partial charge in [0.2, 0.25) is 0 Å². The fourth-order valence-corrected chi connectivity index (χ4v) is 1.74. The van der Waals surface area contributed by atoms with Crippen molar-refractivity contribution < 1.29 is 4.74 Å². The summed E-state index contributed by atoms with van der Waals surface area (Å²) in [6.45, 7) is 2.21. The average molecular weight is 243 g/mol. The van der Waals surface area contributed by atoms with E-state index in [4.69, 9.17) is 22.1 Å². The van der Waals surface area contributed by atoms with Crippen LogP contribution in [0.15, 0.2) is 24.3 Å². The Labute approximate surface area is 102 Å². The molecule has 3 nitrogen and oxygen atoms in total. The van der Waals surface area contributed by atoms with E-state index in [2.05, 4.69) is 5.32 Å². The fraction of sp³-hybridized carbons (Fsp3) is 0.500. The molecule has 4 heteroatoms. The Balaban J connectivity index is 2.61. The van der Waals surface area contributed by atoms with Crippen LogP contribution >= 0.6 is 11.6 Å². The van der Waals surface area contributed by atoms with Gasteiger partial charge in [-0.1, -0.05) is 23.7 Å². The molecule has 16 heavy (non-hydrogen) atoms. The Morgan fingerprint density at radius 2 is 2.31 bits per heavy atom. The van der Waals surface area contributed by atoms with Crippen molar-refractivity contribution in [3.8, 4) is 0 Å². The largest absolute Gasteiger partial charge is 0.383 e. The molecule has 1 aromatic carbocycles. The van der Waals surface area contributed by atoms with Crippen LogP contribution in [0.1, 0.15) is 18.0 Å². The van der Waals surface area contributed by atoms with E-state index < -0.39 is 0 Å². The van der Waals surface area contributed by atoms with Crippen LogP contribution in [0.25, 0.3) is 0 Å². The molecular weight excluding hydrogens is 224 g/mol. The van der Waals surface area contributed by atoms with Gasteiger partial charge in [-0.3, -0.25) is 0 Å². The molecule has 0 amide bonds. The van der Waals surface area contributed by atoms with Gasteiger partial charge in [0.15, 0.2) is 0 Å². The van der Waals surface area contributed by atoms with Crippen LogP contribution in [0.4, 0.5) is 0 Å². The van der Waals surface area contributed by atoms with Crippen molar-refractivity contribution in [1.82, 2.24) is 5.32 Å². The summed E-state index contributed by atoms with van der Waals surface area (Å²) in [7, 11) is 1.70. The molecule has 1 atom stereocenters. The van der Waals surface area contributed by atoms with E-state index in [1.165, 1.54) is 0 Å². The minimum Gasteiger partial charge on any atom is -0.383 e. The van der Waals surface area contributed by atoms with Crippen molar-refractivity contribution in [2.45, 2.75) is 12.5 Å². The standard InChI is InChI=1S/C12H19ClN2O/c1-16-9-12(15-7-3-6-14)10-4-2-5-11(13)8-10/h2,4-5,8,12,15H,3,6-7,9,14H2,1H3. The molecule has 0 saturated heterocycles. The molecule has 0 spiro atoms. The average Bonchev–Trinajstić information content (AvgIpc) is 2.28. The van der Waals surface area contributed by atoms with Crippen molar-refractivity contribution in [2.24, 2.45) is 5.73 Å². The third-order valence-corrected chi connectivity index (χ3v) is 2.59. The first-order valence-corrected chi connectivity index (χ1v) is 5.83. The summed E-state index contributed by atoms with van der Waals surface area (Å²) >= 11 is 5.96. The minimum absolute atomic E-state index is 0.176. The van der Waals surface area contributed by atoms with Crippen LogP contribution in [-0.4, -0.2) is 26.8 Å². The molecule has 0 bridgehead atoms. The summed E-state index contributed by atoms with van der Waals surface area (Å²) in [6.07, 6.45) is 0.959. The predicted octanol–water partition coefficient (Wildman–Crippen LogP) is 1.97. The zero-order valence-electron chi connectivity index (χ0n) is 9.58. The number of methoxy groups -OCH3 is 1. The van der Waals surface area contributed by atoms with Gasteiger partial charge in [-0.15, -0.1) is 0 Å². The highest BCUT2D eigenvalue weighted by molar-refractivity contribution is 6.30. The molecule has 90 valence electrons. The predicted molar refractivity (Wildman–Crippen MR) is 67.7 cm³/mol. The summed E-state index contributed by atoms with van der Waals surface area (Å²) in [5, 5.41) is 4.15. The first-order valence-electron chi connectivity index (χ1n) is 5.45. The van der Waals surface area contributed by atoms with Crippen LogP contribution in [0.2, 0.25) is 5.02 Å². The van der Waals surface area contributed by atoms with Gasteiger partial charge < -0.3 is 15.8 Å². The summed E-state index contributed by atoms with van der Waals surface area (Å²) in [6, 6.07) is 8.00. The van der Waals surface area contributed by atoms with Crippen molar-refractivity contribution in [2.75, 3.05) is 26.8 Å². The monoisotopic (exact) mass is 242 g/mol. The van der Waals surface area contributed by atoms with Gasteiger partial charge in [0.25, 0.3) is 0 Å². The van der Waals surface area contributed by atoms with E-state index in [1.54, 1.807) is 7.11 Å². The van der Waals surface area contributed by atoms with E-state index in [9.17, 15) is 0 Å². The lowest BCUT2D eigenvalue weighted by Crippen LogP contribution is -2.27. The van der Waals surface area contributed by atoms with Gasteiger partial charge in [0.1, 0.15) is 0 Å². The maximum Gasteiger partial charge on any atom is 0.0657 e. The van der Waals surface area contributed by atoms with E-state index in [0.29, 0.717) is 13.2 Å². The molecule has 0 saturated carbocycles. The topological polar surface area (TPSA) is 47.3 Å². The highest BCUT2D eigenvalue weighted by Crippen LogP contribution is 2.17. The molecule has 0 fully saturated rings. The molecule has 0 aromatic heterocycles. The lowest BCUT2D eigenvalue weighted by molar-refractivity contribution is 0.167. The molecule has 0 radical (unpaired) electrons. The Kier molecular flexibility index (Phi) is 6.42. The summed E-state index contributed by atoms with van der Waals surface area (Å²) in [5.41, 5.74) is 6.60. The Morgan fingerprint density at radius 3 is 2.94 bits per heavy atom. The van der Waals surface area contributed by atoms with Gasteiger partial charge in [-0.2, -0.15) is 0 Å². The van der Waals surface area contributed by atoms with Crippen LogP contribution in [0.3, 0.4) is 0 Å². The molecular formula is C12H19ClN2O. The van der Waals surface area contributed by atoms with Crippen LogP contribution in [-0.2, 0) is 4.74 Å². The summed E-state index contributed by atoms with van der Waals surface area (Å²) < 4.78 is 5.19. The SMILES string of the molecule is COCC(NCCCN)c1cccc(Cl)c1. The zero-order valence-corrected chi connectivity index (χ0v) is 10.3. The summed E-state index contributed by atoms with van der Waals surface area (Å²) in [4.78, 5) is 0. The van der Waals surface area contributed by atoms with Gasteiger partial charge in [0, 0.05) is 12.1 Å². The Morgan fingerprint density at radius 1 is 1.50 bits per heavy atom. The van der Waals surface area contributed by atoms with Crippen LogP contribution in [0.5, 0.6) is 0 Å². The quantitative estimate of drug-likeness (QED) is 0.719. The van der Waals surface area contributed by atoms with Crippen molar-refractivity contribution in [3.05, 3.63) is 34.9 Å². The van der Waals surface area contributed by atoms with Gasteiger partial charge in [0.05, 0.1) is 12.6 Å². The third-order valence-electron chi connectivity index (χ3n) is 2.36. The molecule has 3 N–H and O–H groups in total. The Hall–Kier alpha value is -0.610. The second-order valence-electron chi connectivity index (χ2n) is 3.66. The molecule has 0 aliphatic heterocycles. The number of nitrogens with two attached hydrogens (primary N) is 1. The number of ether oxygens (including phenoxy) is 1. The number of hydrogen-bond acceptors (Lipinski definition) is 3. The molecule has 0 aliphatic carbocycles. The third kappa shape index (κ3) is 4.49. The van der Waals surface area contributed by atoms with Gasteiger partial charge >= 0.3 is 0 Å². The van der Waals surface area contributed by atoms with E-state index >= 15 is 0 Å². The van der Waals surface area contributed by atoms with Crippen molar-refractivity contribution >= 4 is 11.6 Å². The number of benzene rings is 1. The normalized spacial score (nSPS) is 12.7. The maximum atomic E-state index is 5.96. The molecule has 1 aromatic rings. The van der Waals surface area contributed by atoms with E-state index in [-0.39, 0.29) is 6.04 Å². The fourth-order valence-electron chi connectivity index (χ4n) is 1.54. The second-order valence-corrected chi connectivity index (χ2v) is 4.10. The molecule has 0 aliphatic rings. The van der Waals surface area contributed by atoms with Crippen molar-refractivity contribution in [1.29, 1.82) is 0 Å². The number of halogens is 1.